The molecule has 1 N–H and O–H groups in total. The van der Waals surface area contributed by atoms with Crippen LogP contribution in [0.1, 0.15) is 15.9 Å². The Kier molecular flexibility index (Phi) is 3.06. The number of aromatic carboxylic acids is 1. The van der Waals surface area contributed by atoms with Crippen LogP contribution in [0.25, 0.3) is 11.1 Å². The standard InChI is InChI=1S/C16H14O4/c1-10-2-3-11(8-13(10)16(17)18)12-4-5-14-15(9-12)20-7-6-19-14/h2-5,8-9H,6-7H2,1H3,(H,17,18). The number of benzene rings is 2. The first-order chi connectivity index (χ1) is 9.65. The fourth-order valence-electron chi connectivity index (χ4n) is 2.25. The first-order valence-corrected chi connectivity index (χ1v) is 6.39. The van der Waals surface area contributed by atoms with Crippen LogP contribution in [0.15, 0.2) is 36.4 Å². The van der Waals surface area contributed by atoms with E-state index in [4.69, 9.17) is 9.47 Å². The Morgan fingerprint density at radius 3 is 2.40 bits per heavy atom. The van der Waals surface area contributed by atoms with Gasteiger partial charge in [-0.2, -0.15) is 0 Å². The van der Waals surface area contributed by atoms with Crippen LogP contribution in [0.3, 0.4) is 0 Å². The number of carbonyl (C=O) groups is 1. The topological polar surface area (TPSA) is 55.8 Å². The van der Waals surface area contributed by atoms with Crippen molar-refractivity contribution in [2.75, 3.05) is 13.2 Å². The predicted molar refractivity (Wildman–Crippen MR) is 74.6 cm³/mol. The van der Waals surface area contributed by atoms with Crippen LogP contribution in [0, 0.1) is 6.92 Å². The molecule has 20 heavy (non-hydrogen) atoms. The average molecular weight is 270 g/mol. The Bertz CT molecular complexity index is 676. The maximum atomic E-state index is 11.2. The van der Waals surface area contributed by atoms with Crippen molar-refractivity contribution in [2.45, 2.75) is 6.92 Å². The Balaban J connectivity index is 2.05. The summed E-state index contributed by atoms with van der Waals surface area (Å²) in [6.07, 6.45) is 0. The van der Waals surface area contributed by atoms with Crippen molar-refractivity contribution < 1.29 is 19.4 Å². The van der Waals surface area contributed by atoms with E-state index in [0.717, 1.165) is 22.4 Å². The number of carboxylic acids is 1. The van der Waals surface area contributed by atoms with Crippen LogP contribution >= 0.6 is 0 Å². The number of hydrogen-bond acceptors (Lipinski definition) is 3. The smallest absolute Gasteiger partial charge is 0.335 e. The van der Waals surface area contributed by atoms with Crippen molar-refractivity contribution in [3.05, 3.63) is 47.5 Å². The molecule has 4 heteroatoms. The fraction of sp³-hybridized carbons (Fsp3) is 0.188. The largest absolute Gasteiger partial charge is 0.486 e. The molecule has 0 bridgehead atoms. The van der Waals surface area contributed by atoms with Crippen LogP contribution in [0.2, 0.25) is 0 Å². The summed E-state index contributed by atoms with van der Waals surface area (Å²) in [5.41, 5.74) is 2.83. The summed E-state index contributed by atoms with van der Waals surface area (Å²) in [6.45, 7) is 2.88. The van der Waals surface area contributed by atoms with Crippen LogP contribution < -0.4 is 9.47 Å². The van der Waals surface area contributed by atoms with Gasteiger partial charge in [0.05, 0.1) is 5.56 Å². The van der Waals surface area contributed by atoms with Crippen molar-refractivity contribution in [1.29, 1.82) is 0 Å². The van der Waals surface area contributed by atoms with Gasteiger partial charge in [-0.1, -0.05) is 18.2 Å². The van der Waals surface area contributed by atoms with Gasteiger partial charge in [0.15, 0.2) is 11.5 Å². The second kappa shape index (κ2) is 4.89. The summed E-state index contributed by atoms with van der Waals surface area (Å²) in [7, 11) is 0. The minimum absolute atomic E-state index is 0.317. The highest BCUT2D eigenvalue weighted by atomic mass is 16.6. The number of aryl methyl sites for hydroxylation is 1. The lowest BCUT2D eigenvalue weighted by atomic mass is 9.99. The van der Waals surface area contributed by atoms with Crippen molar-refractivity contribution in [3.63, 3.8) is 0 Å². The summed E-state index contributed by atoms with van der Waals surface area (Å²) in [6, 6.07) is 11.0. The van der Waals surface area contributed by atoms with E-state index in [1.807, 2.05) is 30.3 Å². The molecule has 2 aromatic carbocycles. The number of hydrogen-bond donors (Lipinski definition) is 1. The molecule has 102 valence electrons. The zero-order valence-electron chi connectivity index (χ0n) is 11.1. The Labute approximate surface area is 116 Å². The minimum atomic E-state index is -0.915. The monoisotopic (exact) mass is 270 g/mol. The van der Waals surface area contributed by atoms with Crippen LogP contribution in [0.4, 0.5) is 0 Å². The van der Waals surface area contributed by atoms with Crippen LogP contribution in [-0.2, 0) is 0 Å². The molecule has 0 amide bonds. The molecule has 1 aliphatic rings. The zero-order valence-corrected chi connectivity index (χ0v) is 11.1. The van der Waals surface area contributed by atoms with Crippen molar-refractivity contribution >= 4 is 5.97 Å². The minimum Gasteiger partial charge on any atom is -0.486 e. The molecule has 0 radical (unpaired) electrons. The highest BCUT2D eigenvalue weighted by Gasteiger charge is 2.14. The molecule has 1 heterocycles. The Morgan fingerprint density at radius 2 is 1.65 bits per heavy atom. The zero-order chi connectivity index (χ0) is 14.1. The Morgan fingerprint density at radius 1 is 1.00 bits per heavy atom. The van der Waals surface area contributed by atoms with Gasteiger partial charge in [-0.3, -0.25) is 0 Å². The number of carboxylic acid groups (broad SMARTS) is 1. The van der Waals surface area contributed by atoms with Crippen molar-refractivity contribution in [1.82, 2.24) is 0 Å². The normalized spacial score (nSPS) is 13.1. The molecule has 0 atom stereocenters. The third-order valence-electron chi connectivity index (χ3n) is 3.34. The molecule has 1 aliphatic heterocycles. The van der Waals surface area contributed by atoms with Gasteiger partial charge in [0.2, 0.25) is 0 Å². The van der Waals surface area contributed by atoms with Gasteiger partial charge in [-0.15, -0.1) is 0 Å². The molecule has 4 nitrogen and oxygen atoms in total. The van der Waals surface area contributed by atoms with Crippen LogP contribution in [0.5, 0.6) is 11.5 Å². The van der Waals surface area contributed by atoms with E-state index in [1.165, 1.54) is 0 Å². The van der Waals surface area contributed by atoms with Crippen molar-refractivity contribution in [3.8, 4) is 22.6 Å². The molecule has 0 aromatic heterocycles. The number of fused-ring (bicyclic) bond motifs is 1. The maximum absolute atomic E-state index is 11.2. The molecule has 0 aliphatic carbocycles. The highest BCUT2D eigenvalue weighted by molar-refractivity contribution is 5.91. The van der Waals surface area contributed by atoms with E-state index in [-0.39, 0.29) is 0 Å². The first-order valence-electron chi connectivity index (χ1n) is 6.39. The van der Waals surface area contributed by atoms with E-state index >= 15 is 0 Å². The quantitative estimate of drug-likeness (QED) is 0.910. The molecule has 0 unspecified atom stereocenters. The summed E-state index contributed by atoms with van der Waals surface area (Å²) in [5.74, 6) is 0.513. The number of ether oxygens (including phenoxy) is 2. The first kappa shape index (κ1) is 12.5. The van der Waals surface area contributed by atoms with Crippen molar-refractivity contribution in [2.24, 2.45) is 0 Å². The van der Waals surface area contributed by atoms with Gasteiger partial charge in [0, 0.05) is 0 Å². The molecular weight excluding hydrogens is 256 g/mol. The van der Waals surface area contributed by atoms with Gasteiger partial charge in [-0.25, -0.2) is 4.79 Å². The maximum Gasteiger partial charge on any atom is 0.335 e. The molecule has 0 saturated heterocycles. The third-order valence-corrected chi connectivity index (χ3v) is 3.34. The van der Waals surface area contributed by atoms with E-state index < -0.39 is 5.97 Å². The fourth-order valence-corrected chi connectivity index (χ4v) is 2.25. The van der Waals surface area contributed by atoms with Gasteiger partial charge in [0.1, 0.15) is 13.2 Å². The van der Waals surface area contributed by atoms with Gasteiger partial charge >= 0.3 is 5.97 Å². The van der Waals surface area contributed by atoms with E-state index in [2.05, 4.69) is 0 Å². The molecular formula is C16H14O4. The molecule has 3 rings (SSSR count). The van der Waals surface area contributed by atoms with Gasteiger partial charge in [0.25, 0.3) is 0 Å². The van der Waals surface area contributed by atoms with Gasteiger partial charge < -0.3 is 14.6 Å². The molecule has 0 fully saturated rings. The summed E-state index contributed by atoms with van der Waals surface area (Å²) >= 11 is 0. The molecule has 0 spiro atoms. The summed E-state index contributed by atoms with van der Waals surface area (Å²) in [4.78, 5) is 11.2. The highest BCUT2D eigenvalue weighted by Crippen LogP contribution is 2.34. The molecule has 2 aromatic rings. The SMILES string of the molecule is Cc1ccc(-c2ccc3c(c2)OCCO3)cc1C(=O)O. The summed E-state index contributed by atoms with van der Waals surface area (Å²) < 4.78 is 11.0. The van der Waals surface area contributed by atoms with Crippen LogP contribution in [-0.4, -0.2) is 24.3 Å². The van der Waals surface area contributed by atoms with E-state index in [0.29, 0.717) is 24.5 Å². The number of rotatable bonds is 2. The average Bonchev–Trinajstić information content (AvgIpc) is 2.47. The second-order valence-corrected chi connectivity index (χ2v) is 4.69. The summed E-state index contributed by atoms with van der Waals surface area (Å²) in [5, 5.41) is 9.18. The second-order valence-electron chi connectivity index (χ2n) is 4.69. The predicted octanol–water partition coefficient (Wildman–Crippen LogP) is 3.13. The van der Waals surface area contributed by atoms with Gasteiger partial charge in [-0.05, 0) is 41.8 Å². The lowest BCUT2D eigenvalue weighted by Crippen LogP contribution is -2.15. The molecule has 0 saturated carbocycles. The lowest BCUT2D eigenvalue weighted by molar-refractivity contribution is 0.0696. The lowest BCUT2D eigenvalue weighted by Gasteiger charge is -2.19. The van der Waals surface area contributed by atoms with E-state index in [1.54, 1.807) is 13.0 Å². The Hall–Kier alpha value is -2.49. The third kappa shape index (κ3) is 2.20. The van der Waals surface area contributed by atoms with E-state index in [9.17, 15) is 9.90 Å².